The van der Waals surface area contributed by atoms with Crippen molar-refractivity contribution < 1.29 is 23.1 Å². The summed E-state index contributed by atoms with van der Waals surface area (Å²) in [6, 6.07) is 1.27. The van der Waals surface area contributed by atoms with Crippen LogP contribution in [-0.4, -0.2) is 40.4 Å². The van der Waals surface area contributed by atoms with E-state index in [1.165, 1.54) is 17.8 Å². The molecule has 2 N–H and O–H groups in total. The Bertz CT molecular complexity index is 523. The second-order valence-electron chi connectivity index (χ2n) is 5.27. The fourth-order valence-corrected chi connectivity index (χ4v) is 1.36. The number of nitrogens with one attached hydrogen (secondary N) is 2. The number of carbonyl (C=O) groups excluding carboxylic acids is 2. The molecule has 0 aliphatic rings. The second kappa shape index (κ2) is 6.51. The van der Waals surface area contributed by atoms with Crippen LogP contribution in [0.2, 0.25) is 0 Å². The van der Waals surface area contributed by atoms with Gasteiger partial charge in [-0.1, -0.05) is 0 Å². The first kappa shape index (κ1) is 16.9. The van der Waals surface area contributed by atoms with E-state index in [0.29, 0.717) is 0 Å². The minimum Gasteiger partial charge on any atom is -0.444 e. The monoisotopic (exact) mass is 304 g/mol. The van der Waals surface area contributed by atoms with E-state index in [0.717, 1.165) is 0 Å². The summed E-state index contributed by atoms with van der Waals surface area (Å²) < 4.78 is 30.3. The molecule has 1 aromatic heterocycles. The maximum absolute atomic E-state index is 12.0. The number of aryl methyl sites for hydroxylation is 1. The van der Waals surface area contributed by atoms with Gasteiger partial charge < -0.3 is 10.1 Å². The van der Waals surface area contributed by atoms with E-state index in [-0.39, 0.29) is 11.5 Å². The minimum absolute atomic E-state index is 0.0794. The number of nitrogens with zero attached hydrogens (tertiary/aromatic N) is 2. The summed E-state index contributed by atoms with van der Waals surface area (Å²) in [5.74, 6) is -0.533. The highest BCUT2D eigenvalue weighted by Gasteiger charge is 2.19. The van der Waals surface area contributed by atoms with E-state index in [1.54, 1.807) is 20.8 Å². The van der Waals surface area contributed by atoms with E-state index < -0.39 is 30.6 Å². The molecule has 9 heteroatoms. The predicted octanol–water partition coefficient (Wildman–Crippen LogP) is 1.76. The maximum Gasteiger partial charge on any atom is 0.413 e. The topological polar surface area (TPSA) is 85.3 Å². The fourth-order valence-electron chi connectivity index (χ4n) is 1.36. The Balaban J connectivity index is 2.70. The largest absolute Gasteiger partial charge is 0.444 e. The van der Waals surface area contributed by atoms with E-state index >= 15 is 0 Å². The molecule has 0 atom stereocenters. The lowest BCUT2D eigenvalue weighted by Gasteiger charge is -2.19. The lowest BCUT2D eigenvalue weighted by Crippen LogP contribution is -2.28. The van der Waals surface area contributed by atoms with Crippen LogP contribution in [0.4, 0.5) is 19.4 Å². The van der Waals surface area contributed by atoms with Crippen LogP contribution < -0.4 is 10.6 Å². The van der Waals surface area contributed by atoms with Crippen molar-refractivity contribution in [1.29, 1.82) is 0 Å². The molecule has 21 heavy (non-hydrogen) atoms. The standard InChI is InChI=1S/C12H18F2N4O3/c1-12(2,3)21-11(20)16-9-5-7(17-18(9)4)10(19)15-6-8(13)14/h5,8H,6H2,1-4H3,(H,15,19)(H,16,20). The van der Waals surface area contributed by atoms with Gasteiger partial charge in [0.15, 0.2) is 5.69 Å². The number of carbonyl (C=O) groups is 2. The Labute approximate surface area is 120 Å². The van der Waals surface area contributed by atoms with Crippen LogP contribution in [0.5, 0.6) is 0 Å². The third-order valence-electron chi connectivity index (χ3n) is 2.16. The highest BCUT2D eigenvalue weighted by Crippen LogP contribution is 2.12. The zero-order valence-corrected chi connectivity index (χ0v) is 12.2. The quantitative estimate of drug-likeness (QED) is 0.887. The first-order chi connectivity index (χ1) is 9.58. The van der Waals surface area contributed by atoms with E-state index in [9.17, 15) is 18.4 Å². The SMILES string of the molecule is Cn1nc(C(=O)NCC(F)F)cc1NC(=O)OC(C)(C)C. The van der Waals surface area contributed by atoms with Gasteiger partial charge in [-0.3, -0.25) is 14.8 Å². The minimum atomic E-state index is -2.64. The van der Waals surface area contributed by atoms with Gasteiger partial charge in [0.05, 0.1) is 6.54 Å². The fraction of sp³-hybridized carbons (Fsp3) is 0.583. The molecule has 0 saturated heterocycles. The molecule has 0 saturated carbocycles. The Morgan fingerprint density at radius 1 is 1.43 bits per heavy atom. The average molecular weight is 304 g/mol. The second-order valence-corrected chi connectivity index (χ2v) is 5.27. The molecular formula is C12H18F2N4O3. The van der Waals surface area contributed by atoms with Crippen molar-refractivity contribution in [2.75, 3.05) is 11.9 Å². The third-order valence-corrected chi connectivity index (χ3v) is 2.16. The van der Waals surface area contributed by atoms with E-state index in [2.05, 4.69) is 10.4 Å². The van der Waals surface area contributed by atoms with Crippen LogP contribution in [0.1, 0.15) is 31.3 Å². The van der Waals surface area contributed by atoms with Gasteiger partial charge >= 0.3 is 6.09 Å². The van der Waals surface area contributed by atoms with Crippen LogP contribution in [0.3, 0.4) is 0 Å². The van der Waals surface area contributed by atoms with Crippen LogP contribution in [0.15, 0.2) is 6.07 Å². The number of aromatic nitrogens is 2. The highest BCUT2D eigenvalue weighted by molar-refractivity contribution is 5.94. The van der Waals surface area contributed by atoms with E-state index in [4.69, 9.17) is 4.74 Å². The average Bonchev–Trinajstić information content (AvgIpc) is 2.65. The molecule has 7 nitrogen and oxygen atoms in total. The van der Waals surface area contributed by atoms with Crippen LogP contribution in [0, 0.1) is 0 Å². The number of amides is 2. The maximum atomic E-state index is 12.0. The molecular weight excluding hydrogens is 286 g/mol. The molecule has 1 heterocycles. The van der Waals surface area contributed by atoms with Gasteiger partial charge in [0, 0.05) is 13.1 Å². The Hall–Kier alpha value is -2.19. The summed E-state index contributed by atoms with van der Waals surface area (Å²) in [4.78, 5) is 23.2. The first-order valence-electron chi connectivity index (χ1n) is 6.19. The molecule has 0 aliphatic heterocycles. The van der Waals surface area contributed by atoms with Crippen molar-refractivity contribution in [3.63, 3.8) is 0 Å². The summed E-state index contributed by atoms with van der Waals surface area (Å²) >= 11 is 0. The lowest BCUT2D eigenvalue weighted by molar-refractivity contribution is 0.0634. The molecule has 0 aliphatic carbocycles. The molecule has 0 aromatic carbocycles. The molecule has 0 unspecified atom stereocenters. The molecule has 118 valence electrons. The highest BCUT2D eigenvalue weighted by atomic mass is 19.3. The number of hydrogen-bond acceptors (Lipinski definition) is 4. The molecule has 0 radical (unpaired) electrons. The van der Waals surface area contributed by atoms with Gasteiger partial charge in [0.2, 0.25) is 0 Å². The van der Waals surface area contributed by atoms with Crippen molar-refractivity contribution in [3.8, 4) is 0 Å². The first-order valence-corrected chi connectivity index (χ1v) is 6.19. The zero-order chi connectivity index (χ0) is 16.2. The number of ether oxygens (including phenoxy) is 1. The summed E-state index contributed by atoms with van der Waals surface area (Å²) in [6.45, 7) is 4.36. The van der Waals surface area contributed by atoms with Gasteiger partial charge in [-0.25, -0.2) is 13.6 Å². The van der Waals surface area contributed by atoms with E-state index in [1.807, 2.05) is 5.32 Å². The summed E-state index contributed by atoms with van der Waals surface area (Å²) in [7, 11) is 1.50. The Morgan fingerprint density at radius 2 is 2.05 bits per heavy atom. The van der Waals surface area contributed by atoms with Gasteiger partial charge in [-0.15, -0.1) is 0 Å². The number of hydrogen-bond donors (Lipinski definition) is 2. The Morgan fingerprint density at radius 3 is 2.57 bits per heavy atom. The van der Waals surface area contributed by atoms with Crippen LogP contribution in [0.25, 0.3) is 0 Å². The third kappa shape index (κ3) is 5.76. The summed E-state index contributed by atoms with van der Waals surface area (Å²) in [5, 5.41) is 8.27. The lowest BCUT2D eigenvalue weighted by atomic mass is 10.2. The number of alkyl halides is 2. The van der Waals surface area contributed by atoms with Crippen LogP contribution >= 0.6 is 0 Å². The van der Waals surface area contributed by atoms with Crippen molar-refractivity contribution >= 4 is 17.8 Å². The van der Waals surface area contributed by atoms with Gasteiger partial charge in [-0.05, 0) is 20.8 Å². The van der Waals surface area contributed by atoms with Crippen molar-refractivity contribution in [2.24, 2.45) is 7.05 Å². The van der Waals surface area contributed by atoms with Gasteiger partial charge in [-0.2, -0.15) is 5.10 Å². The molecule has 1 rings (SSSR count). The van der Waals surface area contributed by atoms with Gasteiger partial charge in [0.25, 0.3) is 12.3 Å². The van der Waals surface area contributed by atoms with Crippen LogP contribution in [-0.2, 0) is 11.8 Å². The van der Waals surface area contributed by atoms with Gasteiger partial charge in [0.1, 0.15) is 11.4 Å². The number of rotatable bonds is 4. The van der Waals surface area contributed by atoms with Crippen molar-refractivity contribution in [2.45, 2.75) is 32.8 Å². The normalized spacial score (nSPS) is 11.4. The zero-order valence-electron chi connectivity index (χ0n) is 12.2. The Kier molecular flexibility index (Phi) is 5.23. The summed E-state index contributed by atoms with van der Waals surface area (Å²) in [6.07, 6.45) is -3.35. The van der Waals surface area contributed by atoms with Crippen molar-refractivity contribution in [1.82, 2.24) is 15.1 Å². The number of halogens is 2. The summed E-state index contributed by atoms with van der Waals surface area (Å²) in [5.41, 5.74) is -0.746. The molecule has 0 bridgehead atoms. The molecule has 1 aromatic rings. The van der Waals surface area contributed by atoms with Crippen molar-refractivity contribution in [3.05, 3.63) is 11.8 Å². The molecule has 0 fully saturated rings. The molecule has 2 amide bonds. The molecule has 0 spiro atoms. The number of anilines is 1. The predicted molar refractivity (Wildman–Crippen MR) is 71.4 cm³/mol. The smallest absolute Gasteiger partial charge is 0.413 e.